The zero-order valence-electron chi connectivity index (χ0n) is 10.8. The molecule has 1 aromatic rings. The van der Waals surface area contributed by atoms with Crippen LogP contribution in [0.1, 0.15) is 18.4 Å². The second kappa shape index (κ2) is 5.83. The van der Waals surface area contributed by atoms with Crippen LogP contribution < -0.4 is 0 Å². The Morgan fingerprint density at radius 1 is 1.35 bits per heavy atom. The first-order valence-electron chi connectivity index (χ1n) is 6.06. The summed E-state index contributed by atoms with van der Waals surface area (Å²) in [6, 6.07) is 3.47. The summed E-state index contributed by atoms with van der Waals surface area (Å²) in [5, 5.41) is 7.28. The first kappa shape index (κ1) is 14.8. The number of likely N-dealkylation sites (tertiary alicyclic amines) is 1. The molecule has 0 bridgehead atoms. The van der Waals surface area contributed by atoms with Crippen molar-refractivity contribution < 1.29 is 13.2 Å². The summed E-state index contributed by atoms with van der Waals surface area (Å²) in [6.45, 7) is 0.959. The van der Waals surface area contributed by atoms with Crippen molar-refractivity contribution in [2.45, 2.75) is 19.0 Å². The predicted molar refractivity (Wildman–Crippen MR) is 70.9 cm³/mol. The maximum Gasteiger partial charge on any atom is 0.417 e. The second-order valence-corrected chi connectivity index (χ2v) is 4.93. The van der Waals surface area contributed by atoms with Gasteiger partial charge in [0, 0.05) is 19.3 Å². The Labute approximate surface area is 119 Å². The molecule has 0 spiro atoms. The fourth-order valence-electron chi connectivity index (χ4n) is 1.95. The number of alkyl halides is 3. The molecule has 1 heterocycles. The quantitative estimate of drug-likeness (QED) is 0.706. The minimum atomic E-state index is -4.49. The summed E-state index contributed by atoms with van der Waals surface area (Å²) in [5.41, 5.74) is 0.249. The molecule has 0 N–H and O–H groups in total. The predicted octanol–water partition coefficient (Wildman–Crippen LogP) is 5.01. The summed E-state index contributed by atoms with van der Waals surface area (Å²) in [7, 11) is 1.94. The number of benzene rings is 1. The summed E-state index contributed by atoms with van der Waals surface area (Å²) in [6.07, 6.45) is -0.956. The van der Waals surface area contributed by atoms with Gasteiger partial charge >= 0.3 is 6.18 Å². The maximum atomic E-state index is 12.7. The normalized spacial score (nSPS) is 18.4. The average molecular weight is 304 g/mol. The number of halogens is 4. The van der Waals surface area contributed by atoms with Crippen molar-refractivity contribution in [1.29, 1.82) is 0 Å². The molecule has 0 atom stereocenters. The Kier molecular flexibility index (Phi) is 4.32. The number of rotatable bonds is 2. The summed E-state index contributed by atoms with van der Waals surface area (Å²) in [4.78, 5) is 2.04. The molecule has 7 heteroatoms. The van der Waals surface area contributed by atoms with Crippen LogP contribution in [0.5, 0.6) is 0 Å². The van der Waals surface area contributed by atoms with E-state index < -0.39 is 11.7 Å². The minimum absolute atomic E-state index is 0.124. The Balaban J connectivity index is 2.18. The fraction of sp³-hybridized carbons (Fsp3) is 0.385. The Morgan fingerprint density at radius 3 is 2.70 bits per heavy atom. The van der Waals surface area contributed by atoms with Crippen molar-refractivity contribution in [2.24, 2.45) is 10.2 Å². The third-order valence-electron chi connectivity index (χ3n) is 3.05. The van der Waals surface area contributed by atoms with E-state index in [1.165, 1.54) is 12.1 Å². The molecule has 1 saturated heterocycles. The number of hydrogen-bond donors (Lipinski definition) is 0. The number of nitrogens with zero attached hydrogens (tertiary/aromatic N) is 3. The minimum Gasteiger partial charge on any atom is -0.377 e. The van der Waals surface area contributed by atoms with Gasteiger partial charge in [-0.1, -0.05) is 11.6 Å². The third kappa shape index (κ3) is 3.50. The van der Waals surface area contributed by atoms with E-state index in [1.54, 1.807) is 6.20 Å². The zero-order chi connectivity index (χ0) is 14.8. The molecular weight excluding hydrogens is 291 g/mol. The van der Waals surface area contributed by atoms with Gasteiger partial charge in [0.2, 0.25) is 0 Å². The smallest absolute Gasteiger partial charge is 0.377 e. The topological polar surface area (TPSA) is 28.0 Å². The molecule has 0 amide bonds. The van der Waals surface area contributed by atoms with Crippen LogP contribution in [0.15, 0.2) is 40.3 Å². The van der Waals surface area contributed by atoms with Crippen molar-refractivity contribution in [3.8, 4) is 0 Å². The van der Waals surface area contributed by atoms with E-state index in [9.17, 15) is 13.2 Å². The van der Waals surface area contributed by atoms with Crippen LogP contribution in [0.2, 0.25) is 5.02 Å². The van der Waals surface area contributed by atoms with E-state index in [0.717, 1.165) is 31.1 Å². The number of azo groups is 1. The van der Waals surface area contributed by atoms with Crippen molar-refractivity contribution in [2.75, 3.05) is 13.6 Å². The molecule has 1 aromatic carbocycles. The average Bonchev–Trinajstić information content (AvgIpc) is 2.76. The van der Waals surface area contributed by atoms with Gasteiger partial charge in [-0.05, 0) is 31.0 Å². The Bertz CT molecular complexity index is 552. The van der Waals surface area contributed by atoms with Gasteiger partial charge in [0.05, 0.1) is 22.5 Å². The van der Waals surface area contributed by atoms with E-state index in [-0.39, 0.29) is 10.7 Å². The second-order valence-electron chi connectivity index (χ2n) is 4.52. The molecule has 1 aliphatic rings. The van der Waals surface area contributed by atoms with Gasteiger partial charge in [0.1, 0.15) is 0 Å². The van der Waals surface area contributed by atoms with Gasteiger partial charge < -0.3 is 4.90 Å². The van der Waals surface area contributed by atoms with E-state index in [0.29, 0.717) is 0 Å². The fourth-order valence-corrected chi connectivity index (χ4v) is 2.17. The molecule has 2 rings (SSSR count). The number of hydrogen-bond acceptors (Lipinski definition) is 3. The lowest BCUT2D eigenvalue weighted by molar-refractivity contribution is -0.137. The lowest BCUT2D eigenvalue weighted by atomic mass is 10.2. The van der Waals surface area contributed by atoms with Gasteiger partial charge in [-0.2, -0.15) is 23.4 Å². The molecule has 20 heavy (non-hydrogen) atoms. The standard InChI is InChI=1S/C13H13ClF3N3/c1-20-6-2-3-10(20)8-18-19-9-4-5-12(14)11(7-9)13(15,16)17/h4-5,7-8H,2-3,6H2,1H3/b10-8-,19-18?. The van der Waals surface area contributed by atoms with Crippen LogP contribution in [0.4, 0.5) is 18.9 Å². The van der Waals surface area contributed by atoms with Crippen molar-refractivity contribution in [3.05, 3.63) is 40.7 Å². The summed E-state index contributed by atoms with van der Waals surface area (Å²) >= 11 is 5.53. The molecule has 1 fully saturated rings. The third-order valence-corrected chi connectivity index (χ3v) is 3.38. The lowest BCUT2D eigenvalue weighted by Gasteiger charge is -2.10. The number of allylic oxidation sites excluding steroid dienone is 1. The molecule has 0 unspecified atom stereocenters. The molecule has 0 saturated carbocycles. The van der Waals surface area contributed by atoms with Crippen LogP contribution >= 0.6 is 11.6 Å². The van der Waals surface area contributed by atoms with Gasteiger partial charge in [0.25, 0.3) is 0 Å². The van der Waals surface area contributed by atoms with E-state index in [4.69, 9.17) is 11.6 Å². The first-order chi connectivity index (χ1) is 9.38. The molecule has 0 aromatic heterocycles. The van der Waals surface area contributed by atoms with Crippen molar-refractivity contribution >= 4 is 17.3 Å². The highest BCUT2D eigenvalue weighted by Gasteiger charge is 2.33. The largest absolute Gasteiger partial charge is 0.417 e. The van der Waals surface area contributed by atoms with Crippen LogP contribution in [0, 0.1) is 0 Å². The van der Waals surface area contributed by atoms with Gasteiger partial charge in [-0.3, -0.25) is 0 Å². The van der Waals surface area contributed by atoms with E-state index >= 15 is 0 Å². The van der Waals surface area contributed by atoms with Crippen molar-refractivity contribution in [1.82, 2.24) is 4.90 Å². The van der Waals surface area contributed by atoms with E-state index in [1.807, 2.05) is 11.9 Å². The molecule has 1 aliphatic heterocycles. The van der Waals surface area contributed by atoms with Crippen LogP contribution in [-0.4, -0.2) is 18.5 Å². The van der Waals surface area contributed by atoms with Crippen LogP contribution in [0.25, 0.3) is 0 Å². The van der Waals surface area contributed by atoms with Gasteiger partial charge in [0.15, 0.2) is 0 Å². The van der Waals surface area contributed by atoms with E-state index in [2.05, 4.69) is 10.2 Å². The highest BCUT2D eigenvalue weighted by molar-refractivity contribution is 6.31. The SMILES string of the molecule is CN1CCC/C1=C/N=Nc1ccc(Cl)c(C(F)(F)F)c1. The Hall–Kier alpha value is -1.56. The monoisotopic (exact) mass is 303 g/mol. The van der Waals surface area contributed by atoms with Crippen LogP contribution in [-0.2, 0) is 6.18 Å². The maximum absolute atomic E-state index is 12.7. The first-order valence-corrected chi connectivity index (χ1v) is 6.43. The molecule has 108 valence electrons. The highest BCUT2D eigenvalue weighted by atomic mass is 35.5. The highest BCUT2D eigenvalue weighted by Crippen LogP contribution is 2.36. The lowest BCUT2D eigenvalue weighted by Crippen LogP contribution is -2.09. The Morgan fingerprint density at radius 2 is 2.10 bits per heavy atom. The molecule has 0 radical (unpaired) electrons. The summed E-state index contributed by atoms with van der Waals surface area (Å²) < 4.78 is 38.0. The zero-order valence-corrected chi connectivity index (χ0v) is 11.5. The van der Waals surface area contributed by atoms with Gasteiger partial charge in [-0.25, -0.2) is 0 Å². The van der Waals surface area contributed by atoms with Gasteiger partial charge in [-0.15, -0.1) is 0 Å². The molecule has 3 nitrogen and oxygen atoms in total. The molecular formula is C13H13ClF3N3. The van der Waals surface area contributed by atoms with Crippen LogP contribution in [0.3, 0.4) is 0 Å². The van der Waals surface area contributed by atoms with Crippen molar-refractivity contribution in [3.63, 3.8) is 0 Å². The molecule has 0 aliphatic carbocycles. The summed E-state index contributed by atoms with van der Waals surface area (Å²) in [5.74, 6) is 0.